The average Bonchev–Trinajstić information content (AvgIpc) is 3.22. The third-order valence-corrected chi connectivity index (χ3v) is 10.8. The molecule has 0 bridgehead atoms. The second kappa shape index (κ2) is 19.5. The molecule has 6 rings (SSSR count). The first kappa shape index (κ1) is 40.4. The molecule has 0 atom stereocenters. The predicted molar refractivity (Wildman–Crippen MR) is 210 cm³/mol. The lowest BCUT2D eigenvalue weighted by atomic mass is 9.87. The number of rotatable bonds is 14. The van der Waals surface area contributed by atoms with E-state index in [1.165, 1.54) is 50.3 Å². The first-order chi connectivity index (χ1) is 27.1. The van der Waals surface area contributed by atoms with E-state index < -0.39 is 12.1 Å². The molecule has 2 fully saturated rings. The van der Waals surface area contributed by atoms with Crippen molar-refractivity contribution in [2.45, 2.75) is 64.1 Å². The zero-order valence-corrected chi connectivity index (χ0v) is 31.6. The number of hydrogen-bond acceptors (Lipinski definition) is 6. The summed E-state index contributed by atoms with van der Waals surface area (Å²) in [5.74, 6) is -1.13. The Morgan fingerprint density at radius 3 is 2.23 bits per heavy atom. The van der Waals surface area contributed by atoms with Crippen LogP contribution >= 0.6 is 0 Å². The molecule has 0 unspecified atom stereocenters. The minimum atomic E-state index is -5.09. The van der Waals surface area contributed by atoms with Crippen molar-refractivity contribution in [2.24, 2.45) is 11.8 Å². The van der Waals surface area contributed by atoms with Crippen LogP contribution in [0.1, 0.15) is 72.0 Å². The van der Waals surface area contributed by atoms with Crippen molar-refractivity contribution in [2.75, 3.05) is 32.7 Å². The number of nitrogens with zero attached hydrogens (tertiary/aromatic N) is 3. The van der Waals surface area contributed by atoms with Crippen LogP contribution in [-0.2, 0) is 22.6 Å². The van der Waals surface area contributed by atoms with Gasteiger partial charge in [0.2, 0.25) is 5.91 Å². The standard InChI is InChI=1S/C45H49F3N4O4/c46-45(47,48)44(55)56-41-15-12-35(13-16-41)22-28-52(42(53)17-14-36-8-4-23-50-31-36)32-37-7-2-9-38(29-37)39-10-3-11-40(30-39)43(54)51-26-20-34(21-27-51)6-1-5-33-18-24-49-25-19-33/h2-4,7-17,23,29-31,33-34,49H,1,5-6,18-22,24-28,32H2. The molecule has 0 radical (unpaired) electrons. The number of benzene rings is 3. The lowest BCUT2D eigenvalue weighted by Crippen LogP contribution is -2.38. The van der Waals surface area contributed by atoms with Crippen LogP contribution in [0.15, 0.2) is 103 Å². The van der Waals surface area contributed by atoms with Crippen LogP contribution in [0.3, 0.4) is 0 Å². The summed E-state index contributed by atoms with van der Waals surface area (Å²) < 4.78 is 42.3. The summed E-state index contributed by atoms with van der Waals surface area (Å²) in [6.45, 7) is 4.45. The lowest BCUT2D eigenvalue weighted by Gasteiger charge is -2.32. The zero-order valence-electron chi connectivity index (χ0n) is 31.6. The number of halogens is 3. The van der Waals surface area contributed by atoms with Crippen LogP contribution in [0.5, 0.6) is 5.75 Å². The van der Waals surface area contributed by atoms with E-state index in [2.05, 4.69) is 15.0 Å². The van der Waals surface area contributed by atoms with Gasteiger partial charge < -0.3 is 19.9 Å². The van der Waals surface area contributed by atoms with Crippen molar-refractivity contribution in [1.29, 1.82) is 0 Å². The second-order valence-electron chi connectivity index (χ2n) is 14.8. The van der Waals surface area contributed by atoms with E-state index in [9.17, 15) is 27.6 Å². The zero-order chi connectivity index (χ0) is 39.3. The van der Waals surface area contributed by atoms with E-state index in [4.69, 9.17) is 0 Å². The van der Waals surface area contributed by atoms with Crippen molar-refractivity contribution in [3.05, 3.63) is 126 Å². The monoisotopic (exact) mass is 766 g/mol. The number of carbonyl (C=O) groups excluding carboxylic acids is 3. The molecule has 2 aliphatic rings. The molecule has 8 nitrogen and oxygen atoms in total. The third-order valence-electron chi connectivity index (χ3n) is 10.8. The fourth-order valence-corrected chi connectivity index (χ4v) is 7.54. The Hall–Kier alpha value is -5.29. The van der Waals surface area contributed by atoms with Crippen molar-refractivity contribution in [3.8, 4) is 16.9 Å². The van der Waals surface area contributed by atoms with E-state index in [0.29, 0.717) is 24.4 Å². The molecule has 2 aliphatic heterocycles. The molecule has 4 aromatic rings. The normalized spacial score (nSPS) is 15.5. The fourth-order valence-electron chi connectivity index (χ4n) is 7.54. The Morgan fingerprint density at radius 2 is 1.54 bits per heavy atom. The van der Waals surface area contributed by atoms with Gasteiger partial charge in [-0.15, -0.1) is 0 Å². The Morgan fingerprint density at radius 1 is 0.839 bits per heavy atom. The van der Waals surface area contributed by atoms with Gasteiger partial charge >= 0.3 is 12.1 Å². The summed E-state index contributed by atoms with van der Waals surface area (Å²) in [6, 6.07) is 25.0. The molecule has 2 amide bonds. The molecule has 0 spiro atoms. The molecule has 3 heterocycles. The summed E-state index contributed by atoms with van der Waals surface area (Å²) in [7, 11) is 0. The largest absolute Gasteiger partial charge is 0.491 e. The maximum atomic E-state index is 13.7. The maximum Gasteiger partial charge on any atom is 0.491 e. The Bertz CT molecular complexity index is 1940. The van der Waals surface area contributed by atoms with Crippen molar-refractivity contribution >= 4 is 23.9 Å². The number of hydrogen-bond donors (Lipinski definition) is 1. The van der Waals surface area contributed by atoms with Gasteiger partial charge in [-0.3, -0.25) is 14.6 Å². The topological polar surface area (TPSA) is 91.8 Å². The van der Waals surface area contributed by atoms with Crippen LogP contribution < -0.4 is 10.1 Å². The molecule has 2 saturated heterocycles. The first-order valence-corrected chi connectivity index (χ1v) is 19.5. The molecule has 0 saturated carbocycles. The molecule has 1 N–H and O–H groups in total. The number of esters is 1. The second-order valence-corrected chi connectivity index (χ2v) is 14.8. The van der Waals surface area contributed by atoms with Gasteiger partial charge in [-0.2, -0.15) is 13.2 Å². The van der Waals surface area contributed by atoms with Gasteiger partial charge in [0.05, 0.1) is 0 Å². The highest BCUT2D eigenvalue weighted by Crippen LogP contribution is 2.28. The summed E-state index contributed by atoms with van der Waals surface area (Å²) in [4.78, 5) is 46.3. The number of pyridine rings is 1. The maximum absolute atomic E-state index is 13.7. The summed E-state index contributed by atoms with van der Waals surface area (Å²) in [5, 5.41) is 3.45. The average molecular weight is 767 g/mol. The number of piperidine rings is 2. The van der Waals surface area contributed by atoms with Crippen LogP contribution in [0.2, 0.25) is 0 Å². The molecule has 11 heteroatoms. The highest BCUT2D eigenvalue weighted by molar-refractivity contribution is 5.95. The molecule has 3 aromatic carbocycles. The summed E-state index contributed by atoms with van der Waals surface area (Å²) >= 11 is 0. The molecule has 56 heavy (non-hydrogen) atoms. The Labute approximate surface area is 326 Å². The van der Waals surface area contributed by atoms with Gasteiger partial charge in [-0.05, 0) is 127 Å². The quantitative estimate of drug-likeness (QED) is 0.0787. The SMILES string of the molecule is O=C(C=Cc1cccnc1)N(CCc1ccc(OC(=O)C(F)(F)F)cc1)Cc1cccc(-c2cccc(C(=O)N3CCC(CCCC4CCNCC4)CC3)c2)c1. The lowest BCUT2D eigenvalue weighted by molar-refractivity contribution is -0.189. The van der Waals surface area contributed by atoms with Crippen molar-refractivity contribution in [3.63, 3.8) is 0 Å². The highest BCUT2D eigenvalue weighted by atomic mass is 19.4. The van der Waals surface area contributed by atoms with Crippen LogP contribution in [0.4, 0.5) is 13.2 Å². The van der Waals surface area contributed by atoms with Gasteiger partial charge in [-0.1, -0.05) is 67.8 Å². The van der Waals surface area contributed by atoms with E-state index in [-0.39, 0.29) is 24.1 Å². The summed E-state index contributed by atoms with van der Waals surface area (Å²) in [6.07, 6.45) is 10.3. The molecule has 0 aliphatic carbocycles. The van der Waals surface area contributed by atoms with E-state index in [1.807, 2.05) is 59.5 Å². The van der Waals surface area contributed by atoms with Crippen LogP contribution in [0.25, 0.3) is 17.2 Å². The number of carbonyl (C=O) groups is 3. The van der Waals surface area contributed by atoms with Gasteiger partial charge in [0.1, 0.15) is 5.75 Å². The molecular formula is C45H49F3N4O4. The number of likely N-dealkylation sites (tertiary alicyclic amines) is 1. The summed E-state index contributed by atoms with van der Waals surface area (Å²) in [5.41, 5.74) is 4.90. The van der Waals surface area contributed by atoms with E-state index in [1.54, 1.807) is 41.6 Å². The van der Waals surface area contributed by atoms with E-state index in [0.717, 1.165) is 72.8 Å². The highest BCUT2D eigenvalue weighted by Gasteiger charge is 2.41. The van der Waals surface area contributed by atoms with E-state index >= 15 is 0 Å². The van der Waals surface area contributed by atoms with Gasteiger partial charge in [-0.25, -0.2) is 4.79 Å². The molecule has 1 aromatic heterocycles. The minimum Gasteiger partial charge on any atom is -0.420 e. The molecule has 294 valence electrons. The Kier molecular flexibility index (Phi) is 14.1. The number of nitrogens with one attached hydrogen (secondary N) is 1. The van der Waals surface area contributed by atoms with Gasteiger partial charge in [0.15, 0.2) is 0 Å². The number of ether oxygens (including phenoxy) is 1. The fraction of sp³-hybridized carbons (Fsp3) is 0.378. The first-order valence-electron chi connectivity index (χ1n) is 19.5. The van der Waals surface area contributed by atoms with Crippen molar-refractivity contribution < 1.29 is 32.3 Å². The van der Waals surface area contributed by atoms with Crippen LogP contribution in [-0.4, -0.2) is 71.5 Å². The van der Waals surface area contributed by atoms with Gasteiger partial charge in [0.25, 0.3) is 5.91 Å². The number of aromatic nitrogens is 1. The minimum absolute atomic E-state index is 0.0554. The predicted octanol–water partition coefficient (Wildman–Crippen LogP) is 8.52. The van der Waals surface area contributed by atoms with Crippen LogP contribution in [0, 0.1) is 11.8 Å². The number of alkyl halides is 3. The molecular weight excluding hydrogens is 718 g/mol. The number of amides is 2. The Balaban J connectivity index is 1.08. The van der Waals surface area contributed by atoms with Gasteiger partial charge in [0, 0.05) is 50.2 Å². The third kappa shape index (κ3) is 11.9. The van der Waals surface area contributed by atoms with Crippen molar-refractivity contribution in [1.82, 2.24) is 20.1 Å². The smallest absolute Gasteiger partial charge is 0.420 e.